The van der Waals surface area contributed by atoms with E-state index in [4.69, 9.17) is 4.98 Å². The summed E-state index contributed by atoms with van der Waals surface area (Å²) in [4.78, 5) is 13.6. The van der Waals surface area contributed by atoms with Gasteiger partial charge in [0.1, 0.15) is 5.82 Å². The van der Waals surface area contributed by atoms with E-state index in [1.54, 1.807) is 0 Å². The van der Waals surface area contributed by atoms with E-state index in [2.05, 4.69) is 69.2 Å². The van der Waals surface area contributed by atoms with Crippen molar-refractivity contribution < 1.29 is 0 Å². The van der Waals surface area contributed by atoms with Crippen molar-refractivity contribution in [2.45, 2.75) is 38.8 Å². The standard InChI is InChI=1S/C21H32N6/c1-22-21(26(3)17-19-9-8-12-25(19)2)24-16-18-10-11-20(23-15-18)27-13-6-4-5-7-14-27/h8-12,15H,4-7,13-14,16-17H2,1-3H3,(H,22,24). The van der Waals surface area contributed by atoms with Crippen molar-refractivity contribution in [3.63, 3.8) is 0 Å². The molecule has 0 aromatic carbocycles. The van der Waals surface area contributed by atoms with Gasteiger partial charge in [0.05, 0.1) is 6.54 Å². The summed E-state index contributed by atoms with van der Waals surface area (Å²) in [6.45, 7) is 3.79. The Morgan fingerprint density at radius 2 is 1.96 bits per heavy atom. The first kappa shape index (κ1) is 19.3. The summed E-state index contributed by atoms with van der Waals surface area (Å²) in [5.41, 5.74) is 2.42. The molecule has 6 nitrogen and oxygen atoms in total. The second-order valence-corrected chi connectivity index (χ2v) is 7.29. The van der Waals surface area contributed by atoms with Gasteiger partial charge in [0.2, 0.25) is 0 Å². The minimum Gasteiger partial charge on any atom is -0.357 e. The first-order valence-corrected chi connectivity index (χ1v) is 9.89. The van der Waals surface area contributed by atoms with E-state index in [9.17, 15) is 0 Å². The maximum absolute atomic E-state index is 4.69. The Morgan fingerprint density at radius 1 is 1.19 bits per heavy atom. The Morgan fingerprint density at radius 3 is 2.56 bits per heavy atom. The number of nitrogens with zero attached hydrogens (tertiary/aromatic N) is 5. The van der Waals surface area contributed by atoms with Crippen LogP contribution in [0.3, 0.4) is 0 Å². The van der Waals surface area contributed by atoms with Gasteiger partial charge in [-0.2, -0.15) is 0 Å². The van der Waals surface area contributed by atoms with Crippen molar-refractivity contribution in [3.05, 3.63) is 47.9 Å². The molecule has 0 bridgehead atoms. The van der Waals surface area contributed by atoms with Crippen molar-refractivity contribution >= 4 is 11.8 Å². The van der Waals surface area contributed by atoms with E-state index in [0.29, 0.717) is 0 Å². The lowest BCUT2D eigenvalue weighted by atomic mass is 10.2. The molecule has 6 heteroatoms. The highest BCUT2D eigenvalue weighted by Crippen LogP contribution is 2.17. The quantitative estimate of drug-likeness (QED) is 0.651. The zero-order valence-electron chi connectivity index (χ0n) is 16.9. The molecule has 1 aliphatic rings. The SMILES string of the molecule is CN=C(NCc1ccc(N2CCCCCC2)nc1)N(C)Cc1cccn1C. The Labute approximate surface area is 162 Å². The fourth-order valence-corrected chi connectivity index (χ4v) is 3.55. The molecule has 1 fully saturated rings. The second kappa shape index (κ2) is 9.44. The average Bonchev–Trinajstić information content (AvgIpc) is 2.92. The van der Waals surface area contributed by atoms with Crippen LogP contribution in [0, 0.1) is 0 Å². The molecule has 27 heavy (non-hydrogen) atoms. The predicted molar refractivity (Wildman–Crippen MR) is 112 cm³/mol. The maximum atomic E-state index is 4.69. The van der Waals surface area contributed by atoms with Gasteiger partial charge in [0, 0.05) is 58.9 Å². The number of guanidine groups is 1. The van der Waals surface area contributed by atoms with E-state index in [0.717, 1.165) is 38.0 Å². The highest BCUT2D eigenvalue weighted by molar-refractivity contribution is 5.79. The third kappa shape index (κ3) is 5.25. The van der Waals surface area contributed by atoms with Crippen molar-refractivity contribution in [1.29, 1.82) is 0 Å². The van der Waals surface area contributed by atoms with E-state index < -0.39 is 0 Å². The molecule has 2 aromatic heterocycles. The molecular formula is C21H32N6. The zero-order chi connectivity index (χ0) is 19.1. The minimum atomic E-state index is 0.720. The van der Waals surface area contributed by atoms with E-state index in [-0.39, 0.29) is 0 Å². The smallest absolute Gasteiger partial charge is 0.194 e. The van der Waals surface area contributed by atoms with Crippen molar-refractivity contribution in [2.24, 2.45) is 12.0 Å². The number of aryl methyl sites for hydroxylation is 1. The Balaban J connectivity index is 1.54. The van der Waals surface area contributed by atoms with Crippen LogP contribution in [-0.4, -0.2) is 47.6 Å². The maximum Gasteiger partial charge on any atom is 0.194 e. The number of hydrogen-bond donors (Lipinski definition) is 1. The van der Waals surface area contributed by atoms with Crippen LogP contribution in [0.5, 0.6) is 0 Å². The lowest BCUT2D eigenvalue weighted by molar-refractivity contribution is 0.461. The first-order valence-electron chi connectivity index (χ1n) is 9.89. The largest absolute Gasteiger partial charge is 0.357 e. The molecule has 1 saturated heterocycles. The normalized spacial score (nSPS) is 15.5. The topological polar surface area (TPSA) is 48.7 Å². The summed E-state index contributed by atoms with van der Waals surface area (Å²) >= 11 is 0. The third-order valence-corrected chi connectivity index (χ3v) is 5.21. The summed E-state index contributed by atoms with van der Waals surface area (Å²) in [6, 6.07) is 8.52. The van der Waals surface area contributed by atoms with Crippen LogP contribution in [0.2, 0.25) is 0 Å². The predicted octanol–water partition coefficient (Wildman–Crippen LogP) is 3.01. The van der Waals surface area contributed by atoms with E-state index in [1.165, 1.54) is 36.9 Å². The van der Waals surface area contributed by atoms with Gasteiger partial charge >= 0.3 is 0 Å². The Bertz CT molecular complexity index is 725. The monoisotopic (exact) mass is 368 g/mol. The molecule has 0 spiro atoms. The van der Waals surface area contributed by atoms with Crippen molar-refractivity contribution in [2.75, 3.05) is 32.1 Å². The highest BCUT2D eigenvalue weighted by atomic mass is 15.3. The number of anilines is 1. The van der Waals surface area contributed by atoms with Crippen LogP contribution in [-0.2, 0) is 20.1 Å². The van der Waals surface area contributed by atoms with Gasteiger partial charge in [0.15, 0.2) is 5.96 Å². The average molecular weight is 369 g/mol. The summed E-state index contributed by atoms with van der Waals surface area (Å²) in [5, 5.41) is 3.44. The van der Waals surface area contributed by atoms with E-state index in [1.807, 2.05) is 13.2 Å². The summed E-state index contributed by atoms with van der Waals surface area (Å²) < 4.78 is 2.13. The summed E-state index contributed by atoms with van der Waals surface area (Å²) in [5.74, 6) is 1.98. The fourth-order valence-electron chi connectivity index (χ4n) is 3.55. The second-order valence-electron chi connectivity index (χ2n) is 7.29. The van der Waals surface area contributed by atoms with Gasteiger partial charge < -0.3 is 19.7 Å². The number of aliphatic imine (C=N–C) groups is 1. The molecule has 2 aromatic rings. The number of nitrogens with one attached hydrogen (secondary N) is 1. The highest BCUT2D eigenvalue weighted by Gasteiger charge is 2.11. The molecule has 0 aliphatic carbocycles. The molecular weight excluding hydrogens is 336 g/mol. The molecule has 0 amide bonds. The van der Waals surface area contributed by atoms with E-state index >= 15 is 0 Å². The van der Waals surface area contributed by atoms with Gasteiger partial charge in [-0.1, -0.05) is 18.9 Å². The molecule has 3 heterocycles. The van der Waals surface area contributed by atoms with Gasteiger partial charge in [-0.3, -0.25) is 4.99 Å². The van der Waals surface area contributed by atoms with Crippen LogP contribution >= 0.6 is 0 Å². The molecule has 0 saturated carbocycles. The number of pyridine rings is 1. The molecule has 1 aliphatic heterocycles. The molecule has 0 radical (unpaired) electrons. The van der Waals surface area contributed by atoms with Gasteiger partial charge in [-0.05, 0) is 36.6 Å². The summed E-state index contributed by atoms with van der Waals surface area (Å²) in [6.07, 6.45) is 9.28. The van der Waals surface area contributed by atoms with Crippen LogP contribution < -0.4 is 10.2 Å². The lowest BCUT2D eigenvalue weighted by Crippen LogP contribution is -2.38. The molecule has 146 valence electrons. The Kier molecular flexibility index (Phi) is 6.74. The van der Waals surface area contributed by atoms with Gasteiger partial charge in [0.25, 0.3) is 0 Å². The number of aromatic nitrogens is 2. The van der Waals surface area contributed by atoms with Gasteiger partial charge in [-0.25, -0.2) is 4.98 Å². The minimum absolute atomic E-state index is 0.720. The van der Waals surface area contributed by atoms with Gasteiger partial charge in [-0.15, -0.1) is 0 Å². The van der Waals surface area contributed by atoms with Crippen molar-refractivity contribution in [1.82, 2.24) is 19.8 Å². The first-order chi connectivity index (χ1) is 13.2. The van der Waals surface area contributed by atoms with Crippen LogP contribution in [0.4, 0.5) is 5.82 Å². The van der Waals surface area contributed by atoms with Crippen LogP contribution in [0.15, 0.2) is 41.7 Å². The molecule has 0 atom stereocenters. The Hall–Kier alpha value is -2.50. The fraction of sp³-hybridized carbons (Fsp3) is 0.524. The van der Waals surface area contributed by atoms with Crippen LogP contribution in [0.1, 0.15) is 36.9 Å². The zero-order valence-corrected chi connectivity index (χ0v) is 16.9. The number of hydrogen-bond acceptors (Lipinski definition) is 3. The molecule has 3 rings (SSSR count). The summed E-state index contributed by atoms with van der Waals surface area (Å²) in [7, 11) is 5.95. The molecule has 1 N–H and O–H groups in total. The number of rotatable bonds is 5. The third-order valence-electron chi connectivity index (χ3n) is 5.21. The molecule has 0 unspecified atom stereocenters. The van der Waals surface area contributed by atoms with Crippen LogP contribution in [0.25, 0.3) is 0 Å². The van der Waals surface area contributed by atoms with Crippen molar-refractivity contribution in [3.8, 4) is 0 Å². The lowest BCUT2D eigenvalue weighted by Gasteiger charge is -2.23.